The Bertz CT molecular complexity index is 825. The second-order valence-corrected chi connectivity index (χ2v) is 7.36. The molecule has 0 atom stereocenters. The highest BCUT2D eigenvalue weighted by atomic mass is 32.1. The monoisotopic (exact) mass is 373 g/mol. The van der Waals surface area contributed by atoms with Gasteiger partial charge in [0.1, 0.15) is 5.52 Å². The quantitative estimate of drug-likeness (QED) is 0.655. The van der Waals surface area contributed by atoms with Crippen molar-refractivity contribution < 1.29 is 13.9 Å². The van der Waals surface area contributed by atoms with E-state index in [9.17, 15) is 4.79 Å². The van der Waals surface area contributed by atoms with Crippen LogP contribution in [0.4, 0.5) is 4.79 Å². The standard InChI is InChI=1S/C19H23N3O3S/c1-14-7-8-15(26-14)13-22(11-12-24-2)19(23)20-10-9-18-21-16-5-3-4-6-17(16)25-18/h3-8H,9-13H2,1-2H3,(H,20,23). The summed E-state index contributed by atoms with van der Waals surface area (Å²) in [4.78, 5) is 21.1. The Morgan fingerprint density at radius 1 is 1.31 bits per heavy atom. The number of benzene rings is 1. The summed E-state index contributed by atoms with van der Waals surface area (Å²) in [5.41, 5.74) is 1.60. The van der Waals surface area contributed by atoms with Crippen LogP contribution < -0.4 is 5.32 Å². The molecule has 26 heavy (non-hydrogen) atoms. The van der Waals surface area contributed by atoms with Crippen LogP contribution >= 0.6 is 11.3 Å². The Kier molecular flexibility index (Phi) is 6.25. The van der Waals surface area contributed by atoms with E-state index in [4.69, 9.17) is 9.15 Å². The lowest BCUT2D eigenvalue weighted by Gasteiger charge is -2.22. The first-order valence-corrected chi connectivity index (χ1v) is 9.39. The van der Waals surface area contributed by atoms with E-state index in [-0.39, 0.29) is 6.03 Å². The summed E-state index contributed by atoms with van der Waals surface area (Å²) in [5, 5.41) is 2.95. The topological polar surface area (TPSA) is 67.6 Å². The van der Waals surface area contributed by atoms with Gasteiger partial charge in [0.05, 0.1) is 13.2 Å². The van der Waals surface area contributed by atoms with E-state index >= 15 is 0 Å². The molecule has 2 heterocycles. The highest BCUT2D eigenvalue weighted by Gasteiger charge is 2.15. The number of para-hydroxylation sites is 2. The first kappa shape index (κ1) is 18.4. The van der Waals surface area contributed by atoms with Crippen molar-refractivity contribution in [1.82, 2.24) is 15.2 Å². The predicted molar refractivity (Wildman–Crippen MR) is 102 cm³/mol. The molecular weight excluding hydrogens is 350 g/mol. The number of rotatable bonds is 8. The zero-order chi connectivity index (χ0) is 18.4. The molecule has 2 amide bonds. The average Bonchev–Trinajstić information content (AvgIpc) is 3.23. The van der Waals surface area contributed by atoms with Crippen molar-refractivity contribution in [2.45, 2.75) is 19.9 Å². The molecule has 1 aromatic carbocycles. The van der Waals surface area contributed by atoms with Crippen LogP contribution in [0.2, 0.25) is 0 Å². The zero-order valence-corrected chi connectivity index (χ0v) is 15.8. The molecule has 0 radical (unpaired) electrons. The number of fused-ring (bicyclic) bond motifs is 1. The lowest BCUT2D eigenvalue weighted by Crippen LogP contribution is -2.41. The number of nitrogens with zero attached hydrogens (tertiary/aromatic N) is 2. The lowest BCUT2D eigenvalue weighted by molar-refractivity contribution is 0.147. The highest BCUT2D eigenvalue weighted by Crippen LogP contribution is 2.17. The number of urea groups is 1. The summed E-state index contributed by atoms with van der Waals surface area (Å²) >= 11 is 1.70. The van der Waals surface area contributed by atoms with Gasteiger partial charge >= 0.3 is 6.03 Å². The molecule has 0 aliphatic heterocycles. The minimum Gasteiger partial charge on any atom is -0.441 e. The molecule has 0 aliphatic carbocycles. The summed E-state index contributed by atoms with van der Waals surface area (Å²) in [7, 11) is 1.64. The zero-order valence-electron chi connectivity index (χ0n) is 15.0. The van der Waals surface area contributed by atoms with Gasteiger partial charge in [-0.05, 0) is 31.2 Å². The summed E-state index contributed by atoms with van der Waals surface area (Å²) in [5.74, 6) is 0.629. The Hall–Kier alpha value is -2.38. The van der Waals surface area contributed by atoms with Crippen LogP contribution in [0.5, 0.6) is 0 Å². The van der Waals surface area contributed by atoms with E-state index in [0.29, 0.717) is 38.6 Å². The van der Waals surface area contributed by atoms with Gasteiger partial charge in [-0.2, -0.15) is 0 Å². The van der Waals surface area contributed by atoms with E-state index < -0.39 is 0 Å². The molecule has 0 aliphatic rings. The fourth-order valence-corrected chi connectivity index (χ4v) is 3.53. The predicted octanol–water partition coefficient (Wildman–Crippen LogP) is 3.60. The third-order valence-electron chi connectivity index (χ3n) is 3.95. The summed E-state index contributed by atoms with van der Waals surface area (Å²) in [6.07, 6.45) is 0.552. The number of hydrogen-bond donors (Lipinski definition) is 1. The van der Waals surface area contributed by atoms with Gasteiger partial charge in [-0.1, -0.05) is 12.1 Å². The number of oxazole rings is 1. The molecule has 6 nitrogen and oxygen atoms in total. The minimum absolute atomic E-state index is 0.107. The fraction of sp³-hybridized carbons (Fsp3) is 0.368. The third kappa shape index (κ3) is 4.83. The van der Waals surface area contributed by atoms with Crippen molar-refractivity contribution in [1.29, 1.82) is 0 Å². The van der Waals surface area contributed by atoms with Gasteiger partial charge in [0.25, 0.3) is 0 Å². The van der Waals surface area contributed by atoms with Gasteiger partial charge in [-0.25, -0.2) is 9.78 Å². The molecule has 3 rings (SSSR count). The number of nitrogens with one attached hydrogen (secondary N) is 1. The number of amides is 2. The maximum atomic E-state index is 12.5. The second kappa shape index (κ2) is 8.82. The normalized spacial score (nSPS) is 11.0. The first-order chi connectivity index (χ1) is 12.7. The number of carbonyl (C=O) groups is 1. The number of aryl methyl sites for hydroxylation is 1. The summed E-state index contributed by atoms with van der Waals surface area (Å²) in [6, 6.07) is 11.7. The number of ether oxygens (including phenoxy) is 1. The molecule has 1 N–H and O–H groups in total. The molecule has 0 bridgehead atoms. The van der Waals surface area contributed by atoms with E-state index in [1.54, 1.807) is 23.3 Å². The molecule has 2 aromatic heterocycles. The maximum absolute atomic E-state index is 12.5. The van der Waals surface area contributed by atoms with Gasteiger partial charge in [0.2, 0.25) is 0 Å². The van der Waals surface area contributed by atoms with E-state index in [1.807, 2.05) is 24.3 Å². The van der Waals surface area contributed by atoms with Crippen LogP contribution in [0.1, 0.15) is 15.6 Å². The van der Waals surface area contributed by atoms with Gasteiger partial charge in [-0.15, -0.1) is 11.3 Å². The second-order valence-electron chi connectivity index (χ2n) is 5.98. The van der Waals surface area contributed by atoms with E-state index in [0.717, 1.165) is 16.0 Å². The minimum atomic E-state index is -0.107. The largest absolute Gasteiger partial charge is 0.441 e. The van der Waals surface area contributed by atoms with Gasteiger partial charge in [0, 0.05) is 36.4 Å². The Morgan fingerprint density at radius 3 is 2.88 bits per heavy atom. The summed E-state index contributed by atoms with van der Waals surface area (Å²) in [6.45, 7) is 4.16. The van der Waals surface area contributed by atoms with Crippen LogP contribution in [0.25, 0.3) is 11.1 Å². The van der Waals surface area contributed by atoms with Crippen LogP contribution in [0.3, 0.4) is 0 Å². The number of hydrogen-bond acceptors (Lipinski definition) is 5. The molecule has 3 aromatic rings. The SMILES string of the molecule is COCCN(Cc1ccc(C)s1)C(=O)NCCc1nc2ccccc2o1. The molecular formula is C19H23N3O3S. The Morgan fingerprint density at radius 2 is 2.15 bits per heavy atom. The summed E-state index contributed by atoms with van der Waals surface area (Å²) < 4.78 is 10.8. The van der Waals surface area contributed by atoms with Gasteiger partial charge in [0.15, 0.2) is 11.5 Å². The van der Waals surface area contributed by atoms with Gasteiger partial charge in [-0.3, -0.25) is 0 Å². The van der Waals surface area contributed by atoms with Crippen LogP contribution in [-0.4, -0.2) is 42.7 Å². The molecule has 0 fully saturated rings. The lowest BCUT2D eigenvalue weighted by atomic mass is 10.3. The number of methoxy groups -OCH3 is 1. The van der Waals surface area contributed by atoms with Crippen molar-refractivity contribution >= 4 is 28.5 Å². The molecule has 0 spiro atoms. The van der Waals surface area contributed by atoms with Crippen molar-refractivity contribution in [3.63, 3.8) is 0 Å². The molecule has 0 saturated carbocycles. The van der Waals surface area contributed by atoms with Crippen LogP contribution in [0, 0.1) is 6.92 Å². The molecule has 138 valence electrons. The fourth-order valence-electron chi connectivity index (χ4n) is 2.63. The first-order valence-electron chi connectivity index (χ1n) is 8.57. The van der Waals surface area contributed by atoms with Crippen molar-refractivity contribution in [3.8, 4) is 0 Å². The van der Waals surface area contributed by atoms with Crippen molar-refractivity contribution in [3.05, 3.63) is 52.0 Å². The third-order valence-corrected chi connectivity index (χ3v) is 4.93. The van der Waals surface area contributed by atoms with Crippen molar-refractivity contribution in [2.75, 3.05) is 26.8 Å². The Balaban J connectivity index is 1.54. The molecule has 7 heteroatoms. The van der Waals surface area contributed by atoms with Gasteiger partial charge < -0.3 is 19.4 Å². The van der Waals surface area contributed by atoms with Crippen molar-refractivity contribution in [2.24, 2.45) is 0 Å². The smallest absolute Gasteiger partial charge is 0.317 e. The van der Waals surface area contributed by atoms with Crippen LogP contribution in [-0.2, 0) is 17.7 Å². The molecule has 0 saturated heterocycles. The van der Waals surface area contributed by atoms with E-state index in [1.165, 1.54) is 4.88 Å². The number of thiophene rings is 1. The average molecular weight is 373 g/mol. The Labute approximate surface area is 156 Å². The number of carbonyl (C=O) groups excluding carboxylic acids is 1. The molecule has 0 unspecified atom stereocenters. The number of aromatic nitrogens is 1. The van der Waals surface area contributed by atoms with Crippen LogP contribution in [0.15, 0.2) is 40.8 Å². The van der Waals surface area contributed by atoms with E-state index in [2.05, 4.69) is 29.4 Å². The highest BCUT2D eigenvalue weighted by molar-refractivity contribution is 7.11. The maximum Gasteiger partial charge on any atom is 0.317 e.